The van der Waals surface area contributed by atoms with Gasteiger partial charge in [-0.2, -0.15) is 0 Å². The minimum atomic E-state index is -0.133. The number of oxazole rings is 1. The zero-order chi connectivity index (χ0) is 14.9. The van der Waals surface area contributed by atoms with Gasteiger partial charge >= 0.3 is 0 Å². The summed E-state index contributed by atoms with van der Waals surface area (Å²) in [5.74, 6) is 1.01. The van der Waals surface area contributed by atoms with Gasteiger partial charge in [0.15, 0.2) is 17.8 Å². The summed E-state index contributed by atoms with van der Waals surface area (Å²) >= 11 is 0. The van der Waals surface area contributed by atoms with Crippen molar-refractivity contribution in [2.45, 2.75) is 18.9 Å². The molecule has 5 nitrogen and oxygen atoms in total. The standard InChI is InChI=1S/C17H19N3O2/c21-17(19-14-10-20-8-6-12(14)7-9-20)15-16(22-11-18-15)13-4-2-1-3-5-13/h1-5,11-12,14H,6-10H2,(H,19,21). The van der Waals surface area contributed by atoms with Gasteiger partial charge in [0.25, 0.3) is 5.91 Å². The minimum absolute atomic E-state index is 0.133. The highest BCUT2D eigenvalue weighted by atomic mass is 16.3. The van der Waals surface area contributed by atoms with Crippen LogP contribution in [0.2, 0.25) is 0 Å². The first-order valence-corrected chi connectivity index (χ1v) is 7.83. The Kier molecular flexibility index (Phi) is 3.42. The van der Waals surface area contributed by atoms with Crippen molar-refractivity contribution in [1.82, 2.24) is 15.2 Å². The largest absolute Gasteiger partial charge is 0.443 e. The molecular weight excluding hydrogens is 278 g/mol. The lowest BCUT2D eigenvalue weighted by Crippen LogP contribution is -2.57. The quantitative estimate of drug-likeness (QED) is 0.943. The topological polar surface area (TPSA) is 58.4 Å². The van der Waals surface area contributed by atoms with Crippen LogP contribution in [0.3, 0.4) is 0 Å². The van der Waals surface area contributed by atoms with Crippen molar-refractivity contribution >= 4 is 5.91 Å². The van der Waals surface area contributed by atoms with Crippen molar-refractivity contribution in [3.05, 3.63) is 42.4 Å². The molecule has 1 N–H and O–H groups in total. The smallest absolute Gasteiger partial charge is 0.274 e. The summed E-state index contributed by atoms with van der Waals surface area (Å²) in [5.41, 5.74) is 1.25. The Morgan fingerprint density at radius 2 is 2.00 bits per heavy atom. The number of carbonyl (C=O) groups is 1. The molecule has 0 aliphatic carbocycles. The SMILES string of the molecule is O=C(NC1CN2CCC1CC2)c1ncoc1-c1ccccc1. The van der Waals surface area contributed by atoms with E-state index in [2.05, 4.69) is 15.2 Å². The number of amides is 1. The molecule has 114 valence electrons. The van der Waals surface area contributed by atoms with Gasteiger partial charge in [-0.25, -0.2) is 4.98 Å². The van der Waals surface area contributed by atoms with Crippen molar-refractivity contribution in [2.24, 2.45) is 5.92 Å². The summed E-state index contributed by atoms with van der Waals surface area (Å²) in [6.07, 6.45) is 3.69. The van der Waals surface area contributed by atoms with Gasteiger partial charge in [0, 0.05) is 18.2 Å². The van der Waals surface area contributed by atoms with Gasteiger partial charge in [0.05, 0.1) is 0 Å². The molecule has 0 spiro atoms. The van der Waals surface area contributed by atoms with Crippen LogP contribution in [0.1, 0.15) is 23.3 Å². The second-order valence-corrected chi connectivity index (χ2v) is 6.11. The summed E-state index contributed by atoms with van der Waals surface area (Å²) in [6, 6.07) is 9.86. The highest BCUT2D eigenvalue weighted by Crippen LogP contribution is 2.28. The first kappa shape index (κ1) is 13.5. The summed E-state index contributed by atoms with van der Waals surface area (Å²) in [5, 5.41) is 3.16. The third kappa shape index (κ3) is 2.41. The van der Waals surface area contributed by atoms with E-state index in [0.29, 0.717) is 17.4 Å². The number of rotatable bonds is 3. The van der Waals surface area contributed by atoms with E-state index in [9.17, 15) is 4.79 Å². The number of aromatic nitrogens is 1. The average molecular weight is 297 g/mol. The maximum absolute atomic E-state index is 12.6. The Hall–Kier alpha value is -2.14. The lowest BCUT2D eigenvalue weighted by Gasteiger charge is -2.44. The first-order chi connectivity index (χ1) is 10.8. The van der Waals surface area contributed by atoms with Crippen LogP contribution >= 0.6 is 0 Å². The maximum atomic E-state index is 12.6. The minimum Gasteiger partial charge on any atom is -0.443 e. The zero-order valence-electron chi connectivity index (χ0n) is 12.4. The molecule has 5 rings (SSSR count). The lowest BCUT2D eigenvalue weighted by molar-refractivity contribution is 0.0618. The summed E-state index contributed by atoms with van der Waals surface area (Å²) in [4.78, 5) is 19.1. The predicted molar refractivity (Wildman–Crippen MR) is 82.4 cm³/mol. The molecular formula is C17H19N3O2. The van der Waals surface area contributed by atoms with Crippen LogP contribution in [0.15, 0.2) is 41.1 Å². The molecule has 2 bridgehead atoms. The van der Waals surface area contributed by atoms with Crippen molar-refractivity contribution in [1.29, 1.82) is 0 Å². The predicted octanol–water partition coefficient (Wildman–Crippen LogP) is 2.17. The third-order valence-corrected chi connectivity index (χ3v) is 4.79. The molecule has 2 aromatic rings. The Balaban J connectivity index is 1.53. The highest BCUT2D eigenvalue weighted by Gasteiger charge is 2.35. The van der Waals surface area contributed by atoms with Gasteiger partial charge in [-0.05, 0) is 31.8 Å². The third-order valence-electron chi connectivity index (χ3n) is 4.79. The van der Waals surface area contributed by atoms with Crippen LogP contribution < -0.4 is 5.32 Å². The molecule has 1 unspecified atom stereocenters. The van der Waals surface area contributed by atoms with E-state index in [4.69, 9.17) is 4.42 Å². The van der Waals surface area contributed by atoms with Crippen molar-refractivity contribution in [3.63, 3.8) is 0 Å². The van der Waals surface area contributed by atoms with Crippen molar-refractivity contribution in [3.8, 4) is 11.3 Å². The van der Waals surface area contributed by atoms with E-state index < -0.39 is 0 Å². The Morgan fingerprint density at radius 3 is 2.68 bits per heavy atom. The van der Waals surface area contributed by atoms with Gasteiger partial charge in [0.2, 0.25) is 0 Å². The van der Waals surface area contributed by atoms with Crippen LogP contribution in [-0.2, 0) is 0 Å². The number of hydrogen-bond donors (Lipinski definition) is 1. The van der Waals surface area contributed by atoms with Crippen LogP contribution in [0.25, 0.3) is 11.3 Å². The zero-order valence-corrected chi connectivity index (χ0v) is 12.4. The molecule has 3 aliphatic rings. The molecule has 1 amide bonds. The molecule has 3 saturated heterocycles. The fourth-order valence-corrected chi connectivity index (χ4v) is 3.57. The molecule has 1 aromatic heterocycles. The number of benzene rings is 1. The molecule has 0 radical (unpaired) electrons. The molecule has 1 atom stereocenters. The van der Waals surface area contributed by atoms with Crippen LogP contribution in [0, 0.1) is 5.92 Å². The monoisotopic (exact) mass is 297 g/mol. The summed E-state index contributed by atoms with van der Waals surface area (Å²) in [6.45, 7) is 3.28. The van der Waals surface area contributed by atoms with Gasteiger partial charge < -0.3 is 14.6 Å². The van der Waals surface area contributed by atoms with Crippen molar-refractivity contribution in [2.75, 3.05) is 19.6 Å². The Labute approximate surface area is 129 Å². The molecule has 22 heavy (non-hydrogen) atoms. The fraction of sp³-hybridized carbons (Fsp3) is 0.412. The summed E-state index contributed by atoms with van der Waals surface area (Å²) in [7, 11) is 0. The van der Waals surface area contributed by atoms with E-state index in [1.807, 2.05) is 30.3 Å². The van der Waals surface area contributed by atoms with Gasteiger partial charge in [-0.15, -0.1) is 0 Å². The molecule has 5 heteroatoms. The molecule has 3 fully saturated rings. The Morgan fingerprint density at radius 1 is 1.23 bits per heavy atom. The Bertz CT molecular complexity index is 660. The second-order valence-electron chi connectivity index (χ2n) is 6.11. The average Bonchev–Trinajstić information content (AvgIpc) is 3.06. The van der Waals surface area contributed by atoms with E-state index in [0.717, 1.165) is 25.2 Å². The normalized spacial score (nSPS) is 26.8. The lowest BCUT2D eigenvalue weighted by atomic mass is 9.84. The number of nitrogens with zero attached hydrogens (tertiary/aromatic N) is 2. The molecule has 0 saturated carbocycles. The first-order valence-electron chi connectivity index (χ1n) is 7.83. The second kappa shape index (κ2) is 5.57. The maximum Gasteiger partial charge on any atom is 0.274 e. The van der Waals surface area contributed by atoms with Gasteiger partial charge in [-0.1, -0.05) is 30.3 Å². The number of hydrogen-bond acceptors (Lipinski definition) is 4. The number of carbonyl (C=O) groups excluding carboxylic acids is 1. The van der Waals surface area contributed by atoms with Crippen LogP contribution in [-0.4, -0.2) is 41.5 Å². The van der Waals surface area contributed by atoms with E-state index in [1.165, 1.54) is 19.2 Å². The fourth-order valence-electron chi connectivity index (χ4n) is 3.57. The number of nitrogens with one attached hydrogen (secondary N) is 1. The summed E-state index contributed by atoms with van der Waals surface area (Å²) < 4.78 is 5.44. The van der Waals surface area contributed by atoms with Crippen LogP contribution in [0.5, 0.6) is 0 Å². The van der Waals surface area contributed by atoms with Gasteiger partial charge in [-0.3, -0.25) is 4.79 Å². The molecule has 1 aromatic carbocycles. The van der Waals surface area contributed by atoms with E-state index >= 15 is 0 Å². The highest BCUT2D eigenvalue weighted by molar-refractivity contribution is 5.97. The van der Waals surface area contributed by atoms with E-state index in [1.54, 1.807) is 0 Å². The van der Waals surface area contributed by atoms with Gasteiger partial charge in [0.1, 0.15) is 0 Å². The van der Waals surface area contributed by atoms with Crippen LogP contribution in [0.4, 0.5) is 0 Å². The number of piperidine rings is 3. The molecule has 4 heterocycles. The number of fused-ring (bicyclic) bond motifs is 3. The molecule has 3 aliphatic heterocycles. The van der Waals surface area contributed by atoms with E-state index in [-0.39, 0.29) is 11.9 Å². The van der Waals surface area contributed by atoms with Crippen molar-refractivity contribution < 1.29 is 9.21 Å².